The van der Waals surface area contributed by atoms with Gasteiger partial charge in [-0.25, -0.2) is 0 Å². The molecule has 4 rings (SSSR count). The highest BCUT2D eigenvalue weighted by Crippen LogP contribution is 2.31. The molecule has 0 atom stereocenters. The minimum Gasteiger partial charge on any atom is -0.453 e. The van der Waals surface area contributed by atoms with Crippen molar-refractivity contribution < 1.29 is 4.42 Å². The van der Waals surface area contributed by atoms with Crippen LogP contribution in [0.4, 0.5) is 0 Å². The van der Waals surface area contributed by atoms with E-state index >= 15 is 0 Å². The minimum absolute atomic E-state index is 0.553. The highest BCUT2D eigenvalue weighted by Gasteiger charge is 2.16. The Balaban J connectivity index is 1.58. The molecule has 4 aromatic rings. The molecule has 0 saturated carbocycles. The van der Waals surface area contributed by atoms with Crippen molar-refractivity contribution in [3.63, 3.8) is 0 Å². The highest BCUT2D eigenvalue weighted by atomic mass is 79.9. The summed E-state index contributed by atoms with van der Waals surface area (Å²) in [4.78, 5) is 0. The van der Waals surface area contributed by atoms with Crippen LogP contribution in [0, 0.1) is 0 Å². The molecule has 2 aromatic heterocycles. The number of furan rings is 1. The fourth-order valence-corrected chi connectivity index (χ4v) is 4.11. The van der Waals surface area contributed by atoms with Gasteiger partial charge in [0.25, 0.3) is 0 Å². The number of aromatic nitrogens is 3. The van der Waals surface area contributed by atoms with E-state index in [2.05, 4.69) is 26.1 Å². The highest BCUT2D eigenvalue weighted by molar-refractivity contribution is 9.10. The molecule has 26 heavy (non-hydrogen) atoms. The van der Waals surface area contributed by atoms with Gasteiger partial charge in [-0.3, -0.25) is 0 Å². The molecule has 0 saturated heterocycles. The molecule has 8 heteroatoms. The fraction of sp³-hybridized carbons (Fsp3) is 0.111. The van der Waals surface area contributed by atoms with Gasteiger partial charge in [0, 0.05) is 22.7 Å². The molecule has 0 N–H and O–H groups in total. The summed E-state index contributed by atoms with van der Waals surface area (Å²) < 4.78 is 8.84. The third-order valence-electron chi connectivity index (χ3n) is 3.89. The van der Waals surface area contributed by atoms with Crippen LogP contribution in [0.3, 0.4) is 0 Å². The third-order valence-corrected chi connectivity index (χ3v) is 6.21. The Morgan fingerprint density at radius 2 is 1.92 bits per heavy atom. The Labute approximate surface area is 172 Å². The molecule has 0 bridgehead atoms. The fourth-order valence-electron chi connectivity index (χ4n) is 2.56. The summed E-state index contributed by atoms with van der Waals surface area (Å²) in [6.07, 6.45) is 0. The van der Waals surface area contributed by atoms with E-state index in [1.54, 1.807) is 17.8 Å². The largest absolute Gasteiger partial charge is 0.453 e. The van der Waals surface area contributed by atoms with Crippen LogP contribution in [-0.4, -0.2) is 14.8 Å². The lowest BCUT2D eigenvalue weighted by atomic mass is 10.2. The smallest absolute Gasteiger partial charge is 0.200 e. The van der Waals surface area contributed by atoms with E-state index in [1.807, 2.05) is 48.0 Å². The number of nitrogens with zero attached hydrogens (tertiary/aromatic N) is 3. The van der Waals surface area contributed by atoms with Gasteiger partial charge < -0.3 is 8.98 Å². The molecule has 4 nitrogen and oxygen atoms in total. The first-order valence-corrected chi connectivity index (χ1v) is 10.2. The molecule has 2 heterocycles. The summed E-state index contributed by atoms with van der Waals surface area (Å²) in [5, 5.41) is 11.5. The predicted molar refractivity (Wildman–Crippen MR) is 110 cm³/mol. The molecule has 0 spiro atoms. The van der Waals surface area contributed by atoms with Gasteiger partial charge in [0.1, 0.15) is 5.58 Å². The molecule has 0 fully saturated rings. The minimum atomic E-state index is 0.553. The van der Waals surface area contributed by atoms with Crippen LogP contribution in [0.25, 0.3) is 22.6 Å². The molecule has 0 aliphatic rings. The second-order valence-electron chi connectivity index (χ2n) is 5.70. The van der Waals surface area contributed by atoms with E-state index in [9.17, 15) is 0 Å². The lowest BCUT2D eigenvalue weighted by Crippen LogP contribution is -1.94. The van der Waals surface area contributed by atoms with Crippen LogP contribution < -0.4 is 0 Å². The number of fused-ring (bicyclic) bond motifs is 1. The van der Waals surface area contributed by atoms with Crippen molar-refractivity contribution in [1.29, 1.82) is 0 Å². The molecular formula is C18H12BrCl2N3OS. The number of rotatable bonds is 4. The normalized spacial score (nSPS) is 11.4. The first-order chi connectivity index (χ1) is 12.5. The second kappa shape index (κ2) is 7.27. The molecule has 2 aromatic carbocycles. The number of hydrogen-bond donors (Lipinski definition) is 0. The van der Waals surface area contributed by atoms with E-state index in [1.165, 1.54) is 0 Å². The van der Waals surface area contributed by atoms with E-state index < -0.39 is 0 Å². The van der Waals surface area contributed by atoms with Gasteiger partial charge >= 0.3 is 0 Å². The molecule has 0 aliphatic heterocycles. The van der Waals surface area contributed by atoms with Gasteiger partial charge in [0.05, 0.1) is 10.0 Å². The summed E-state index contributed by atoms with van der Waals surface area (Å²) in [6.45, 7) is 0. The molecule has 0 radical (unpaired) electrons. The lowest BCUT2D eigenvalue weighted by Gasteiger charge is -2.04. The molecule has 0 aliphatic carbocycles. The summed E-state index contributed by atoms with van der Waals surface area (Å²) in [6, 6.07) is 13.5. The van der Waals surface area contributed by atoms with Crippen LogP contribution in [0.15, 0.2) is 56.5 Å². The van der Waals surface area contributed by atoms with Crippen LogP contribution >= 0.6 is 50.9 Å². The van der Waals surface area contributed by atoms with Crippen molar-refractivity contribution in [2.45, 2.75) is 10.9 Å². The summed E-state index contributed by atoms with van der Waals surface area (Å²) >= 11 is 17.1. The van der Waals surface area contributed by atoms with Crippen molar-refractivity contribution in [2.75, 3.05) is 0 Å². The van der Waals surface area contributed by atoms with Crippen molar-refractivity contribution in [1.82, 2.24) is 14.8 Å². The van der Waals surface area contributed by atoms with Crippen molar-refractivity contribution >= 4 is 61.9 Å². The van der Waals surface area contributed by atoms with Gasteiger partial charge in [0.15, 0.2) is 16.7 Å². The predicted octanol–water partition coefficient (Wildman–Crippen LogP) is 6.59. The van der Waals surface area contributed by atoms with Crippen LogP contribution in [0.1, 0.15) is 5.56 Å². The number of benzene rings is 2. The van der Waals surface area contributed by atoms with E-state index in [4.69, 9.17) is 27.6 Å². The zero-order valence-electron chi connectivity index (χ0n) is 13.5. The molecule has 132 valence electrons. The van der Waals surface area contributed by atoms with Gasteiger partial charge in [-0.2, -0.15) is 0 Å². The Morgan fingerprint density at radius 1 is 1.08 bits per heavy atom. The van der Waals surface area contributed by atoms with E-state index in [0.717, 1.165) is 31.9 Å². The zero-order chi connectivity index (χ0) is 18.3. The monoisotopic (exact) mass is 467 g/mol. The van der Waals surface area contributed by atoms with Crippen molar-refractivity contribution in [3.05, 3.63) is 62.5 Å². The lowest BCUT2D eigenvalue weighted by molar-refractivity contribution is 0.618. The third kappa shape index (κ3) is 3.51. The van der Waals surface area contributed by atoms with Gasteiger partial charge in [-0.1, -0.05) is 57.0 Å². The topological polar surface area (TPSA) is 43.9 Å². The Kier molecular flexibility index (Phi) is 5.01. The number of hydrogen-bond acceptors (Lipinski definition) is 4. The summed E-state index contributed by atoms with van der Waals surface area (Å²) in [7, 11) is 1.93. The molecule has 0 unspecified atom stereocenters. The van der Waals surface area contributed by atoms with E-state index in [0.29, 0.717) is 21.6 Å². The number of thioether (sulfide) groups is 1. The Bertz CT molecular complexity index is 1110. The van der Waals surface area contributed by atoms with Gasteiger partial charge in [-0.15, -0.1) is 10.2 Å². The van der Waals surface area contributed by atoms with E-state index in [-0.39, 0.29) is 0 Å². The average molecular weight is 469 g/mol. The maximum absolute atomic E-state index is 6.07. The first kappa shape index (κ1) is 17.9. The first-order valence-electron chi connectivity index (χ1n) is 7.67. The van der Waals surface area contributed by atoms with Crippen LogP contribution in [-0.2, 0) is 12.8 Å². The Hall–Kier alpha value is -1.47. The maximum atomic E-state index is 6.07. The molecule has 0 amide bonds. The second-order valence-corrected chi connectivity index (χ2v) is 8.37. The average Bonchev–Trinajstić information content (AvgIpc) is 3.18. The van der Waals surface area contributed by atoms with Crippen molar-refractivity contribution in [3.8, 4) is 11.6 Å². The maximum Gasteiger partial charge on any atom is 0.200 e. The van der Waals surface area contributed by atoms with Crippen LogP contribution in [0.2, 0.25) is 10.0 Å². The van der Waals surface area contributed by atoms with Crippen molar-refractivity contribution in [2.24, 2.45) is 7.05 Å². The summed E-state index contributed by atoms with van der Waals surface area (Å²) in [5.41, 5.74) is 1.89. The standard InChI is InChI=1S/C18H12BrCl2N3OS/c1-24-17(16-8-11-7-12(19)3-5-15(11)25-16)22-23-18(24)26-9-10-2-4-13(20)14(21)6-10/h2-8H,9H2,1H3. The summed E-state index contributed by atoms with van der Waals surface area (Å²) in [5.74, 6) is 2.10. The van der Waals surface area contributed by atoms with Gasteiger partial charge in [0.2, 0.25) is 0 Å². The SMILES string of the molecule is Cn1c(SCc2ccc(Cl)c(Cl)c2)nnc1-c1cc2cc(Br)ccc2o1. The van der Waals surface area contributed by atoms with Crippen LogP contribution in [0.5, 0.6) is 0 Å². The quantitative estimate of drug-likeness (QED) is 0.317. The Morgan fingerprint density at radius 3 is 2.73 bits per heavy atom. The number of halogens is 3. The van der Waals surface area contributed by atoms with Gasteiger partial charge in [-0.05, 0) is 42.0 Å². The zero-order valence-corrected chi connectivity index (χ0v) is 17.5. The molecular weight excluding hydrogens is 457 g/mol.